The lowest BCUT2D eigenvalue weighted by Crippen LogP contribution is -2.42. The number of hydrogen-bond acceptors (Lipinski definition) is 3. The molecule has 0 bridgehead atoms. The molecular formula is C15H17F3N2OS. The third-order valence-corrected chi connectivity index (χ3v) is 5.04. The van der Waals surface area contributed by atoms with Gasteiger partial charge < -0.3 is 10.2 Å². The normalized spacial score (nSPS) is 21.1. The molecule has 1 aromatic rings. The maximum Gasteiger partial charge on any atom is 0.274 e. The number of rotatable bonds is 1. The molecule has 0 unspecified atom stereocenters. The van der Waals surface area contributed by atoms with Crippen molar-refractivity contribution in [3.05, 3.63) is 34.6 Å². The second-order valence-corrected chi connectivity index (χ2v) is 6.76. The number of hydrogen-bond donors (Lipinski definition) is 1. The van der Waals surface area contributed by atoms with Gasteiger partial charge in [-0.05, 0) is 36.2 Å². The lowest BCUT2D eigenvalue weighted by atomic mass is 9.95. The summed E-state index contributed by atoms with van der Waals surface area (Å²) >= 11 is 1.14. The molecule has 0 radical (unpaired) electrons. The molecular weight excluding hydrogens is 313 g/mol. The van der Waals surface area contributed by atoms with Gasteiger partial charge in [0.05, 0.1) is 12.3 Å². The zero-order valence-corrected chi connectivity index (χ0v) is 12.8. The number of carbonyl (C=O) groups is 1. The molecule has 2 aliphatic rings. The topological polar surface area (TPSA) is 32.3 Å². The van der Waals surface area contributed by atoms with E-state index in [1.54, 1.807) is 0 Å². The summed E-state index contributed by atoms with van der Waals surface area (Å²) in [5.74, 6) is -3.69. The molecule has 22 heavy (non-hydrogen) atoms. The van der Waals surface area contributed by atoms with Crippen molar-refractivity contribution >= 4 is 17.7 Å². The van der Waals surface area contributed by atoms with Crippen LogP contribution in [0.4, 0.5) is 13.2 Å². The van der Waals surface area contributed by atoms with Gasteiger partial charge in [-0.2, -0.15) is 11.8 Å². The number of nitrogens with one attached hydrogen (secondary N) is 1. The third kappa shape index (κ3) is 3.25. The van der Waals surface area contributed by atoms with E-state index in [2.05, 4.69) is 5.32 Å². The van der Waals surface area contributed by atoms with Crippen molar-refractivity contribution in [1.29, 1.82) is 0 Å². The standard InChI is InChI=1S/C15H17F3N2OS/c16-11-5-10-1-2-19-7-13(10)12(6-11)14(21)20-3-4-22-9-15(17,18)8-20/h5-6,19H,1-4,7-9H2. The van der Waals surface area contributed by atoms with Crippen LogP contribution in [0.25, 0.3) is 0 Å². The Balaban J connectivity index is 1.93. The smallest absolute Gasteiger partial charge is 0.274 e. The SMILES string of the molecule is O=C(c1cc(F)cc2c1CNCC2)N1CCSCC(F)(F)C1. The van der Waals surface area contributed by atoms with Crippen molar-refractivity contribution in [3.63, 3.8) is 0 Å². The summed E-state index contributed by atoms with van der Waals surface area (Å²) < 4.78 is 41.2. The first-order valence-electron chi connectivity index (χ1n) is 7.23. The first-order valence-corrected chi connectivity index (χ1v) is 8.39. The van der Waals surface area contributed by atoms with Crippen LogP contribution in [0.15, 0.2) is 12.1 Å². The number of amides is 1. The molecule has 2 aliphatic heterocycles. The van der Waals surface area contributed by atoms with Crippen LogP contribution in [0, 0.1) is 5.82 Å². The van der Waals surface area contributed by atoms with Crippen LogP contribution in [0.5, 0.6) is 0 Å². The van der Waals surface area contributed by atoms with E-state index in [-0.39, 0.29) is 17.9 Å². The van der Waals surface area contributed by atoms with E-state index in [1.807, 2.05) is 0 Å². The molecule has 120 valence electrons. The van der Waals surface area contributed by atoms with E-state index in [4.69, 9.17) is 0 Å². The highest BCUT2D eigenvalue weighted by Gasteiger charge is 2.36. The fourth-order valence-electron chi connectivity index (χ4n) is 2.90. The first-order chi connectivity index (χ1) is 10.5. The maximum absolute atomic E-state index is 13.8. The molecule has 3 nitrogen and oxygen atoms in total. The monoisotopic (exact) mass is 330 g/mol. The average molecular weight is 330 g/mol. The maximum atomic E-state index is 13.8. The molecule has 1 fully saturated rings. The van der Waals surface area contributed by atoms with Gasteiger partial charge in [-0.3, -0.25) is 4.79 Å². The highest BCUT2D eigenvalue weighted by Crippen LogP contribution is 2.28. The summed E-state index contributed by atoms with van der Waals surface area (Å²) in [6.45, 7) is 0.855. The summed E-state index contributed by atoms with van der Waals surface area (Å²) in [6.07, 6.45) is 0.638. The Morgan fingerprint density at radius 2 is 2.18 bits per heavy atom. The number of thioether (sulfide) groups is 1. The van der Waals surface area contributed by atoms with E-state index in [1.165, 1.54) is 12.1 Å². The van der Waals surface area contributed by atoms with Crippen LogP contribution in [0.2, 0.25) is 0 Å². The fourth-order valence-corrected chi connectivity index (χ4v) is 3.78. The lowest BCUT2D eigenvalue weighted by Gasteiger charge is -2.27. The largest absolute Gasteiger partial charge is 0.332 e. The van der Waals surface area contributed by atoms with Gasteiger partial charge in [-0.15, -0.1) is 0 Å². The Bertz CT molecular complexity index is 594. The Morgan fingerprint density at radius 3 is 3.00 bits per heavy atom. The third-order valence-electron chi connectivity index (χ3n) is 3.94. The van der Waals surface area contributed by atoms with Crippen LogP contribution in [-0.2, 0) is 13.0 Å². The van der Waals surface area contributed by atoms with E-state index in [0.29, 0.717) is 18.7 Å². The van der Waals surface area contributed by atoms with E-state index < -0.39 is 24.2 Å². The minimum absolute atomic E-state index is 0.213. The summed E-state index contributed by atoms with van der Waals surface area (Å²) in [4.78, 5) is 13.8. The first kappa shape index (κ1) is 15.7. The summed E-state index contributed by atoms with van der Waals surface area (Å²) in [5, 5.41) is 3.14. The highest BCUT2D eigenvalue weighted by molar-refractivity contribution is 7.99. The minimum Gasteiger partial charge on any atom is -0.332 e. The lowest BCUT2D eigenvalue weighted by molar-refractivity contribution is -0.00327. The van der Waals surface area contributed by atoms with E-state index in [0.717, 1.165) is 34.3 Å². The van der Waals surface area contributed by atoms with E-state index in [9.17, 15) is 18.0 Å². The van der Waals surface area contributed by atoms with Crippen LogP contribution < -0.4 is 5.32 Å². The number of fused-ring (bicyclic) bond motifs is 1. The molecule has 0 spiro atoms. The molecule has 1 aromatic carbocycles. The molecule has 1 saturated heterocycles. The average Bonchev–Trinajstić information content (AvgIpc) is 2.66. The zero-order chi connectivity index (χ0) is 15.7. The van der Waals surface area contributed by atoms with E-state index >= 15 is 0 Å². The summed E-state index contributed by atoms with van der Waals surface area (Å²) in [7, 11) is 0. The van der Waals surface area contributed by atoms with Crippen molar-refractivity contribution in [3.8, 4) is 0 Å². The van der Waals surface area contributed by atoms with Crippen LogP contribution in [0.1, 0.15) is 21.5 Å². The molecule has 0 saturated carbocycles. The van der Waals surface area contributed by atoms with Crippen molar-refractivity contribution < 1.29 is 18.0 Å². The van der Waals surface area contributed by atoms with Gasteiger partial charge in [-0.1, -0.05) is 0 Å². The van der Waals surface area contributed by atoms with Gasteiger partial charge in [0, 0.05) is 24.4 Å². The number of nitrogens with zero attached hydrogens (tertiary/aromatic N) is 1. The van der Waals surface area contributed by atoms with Gasteiger partial charge in [0.15, 0.2) is 0 Å². The number of carbonyl (C=O) groups excluding carboxylic acids is 1. The Labute approximate surface area is 131 Å². The molecule has 3 rings (SSSR count). The van der Waals surface area contributed by atoms with Crippen LogP contribution in [0.3, 0.4) is 0 Å². The molecule has 2 heterocycles. The minimum atomic E-state index is -2.90. The fraction of sp³-hybridized carbons (Fsp3) is 0.533. The number of halogens is 3. The molecule has 7 heteroatoms. The van der Waals surface area contributed by atoms with Crippen LogP contribution in [-0.4, -0.2) is 47.9 Å². The highest BCUT2D eigenvalue weighted by atomic mass is 32.2. The van der Waals surface area contributed by atoms with Crippen molar-refractivity contribution in [2.24, 2.45) is 0 Å². The number of alkyl halides is 2. The molecule has 0 aliphatic carbocycles. The van der Waals surface area contributed by atoms with Gasteiger partial charge >= 0.3 is 0 Å². The van der Waals surface area contributed by atoms with Crippen molar-refractivity contribution in [2.45, 2.75) is 18.9 Å². The van der Waals surface area contributed by atoms with Gasteiger partial charge in [0.1, 0.15) is 5.82 Å². The summed E-state index contributed by atoms with van der Waals surface area (Å²) in [5.41, 5.74) is 1.74. The van der Waals surface area contributed by atoms with Crippen molar-refractivity contribution in [1.82, 2.24) is 10.2 Å². The summed E-state index contributed by atoms with van der Waals surface area (Å²) in [6, 6.07) is 2.60. The number of benzene rings is 1. The van der Waals surface area contributed by atoms with Gasteiger partial charge in [0.2, 0.25) is 0 Å². The molecule has 0 atom stereocenters. The predicted molar refractivity (Wildman–Crippen MR) is 80.0 cm³/mol. The molecule has 1 N–H and O–H groups in total. The van der Waals surface area contributed by atoms with Crippen LogP contribution >= 0.6 is 11.8 Å². The zero-order valence-electron chi connectivity index (χ0n) is 12.0. The second kappa shape index (κ2) is 6.12. The van der Waals surface area contributed by atoms with Gasteiger partial charge in [-0.25, -0.2) is 13.2 Å². The Kier molecular flexibility index (Phi) is 4.36. The Hall–Kier alpha value is -1.21. The van der Waals surface area contributed by atoms with Crippen molar-refractivity contribution in [2.75, 3.05) is 31.1 Å². The Morgan fingerprint density at radius 1 is 1.36 bits per heavy atom. The predicted octanol–water partition coefficient (Wildman–Crippen LogP) is 2.30. The molecule has 0 aromatic heterocycles. The van der Waals surface area contributed by atoms with Gasteiger partial charge in [0.25, 0.3) is 11.8 Å². The second-order valence-electron chi connectivity index (χ2n) is 5.65. The quantitative estimate of drug-likeness (QED) is 0.858. The molecule has 1 amide bonds.